The van der Waals surface area contributed by atoms with Crippen LogP contribution in [0.1, 0.15) is 13.8 Å². The van der Waals surface area contributed by atoms with E-state index < -0.39 is 13.7 Å². The molecule has 0 aromatic heterocycles. The van der Waals surface area contributed by atoms with Crippen LogP contribution < -0.4 is 5.30 Å². The SMILES string of the molecule is C=C(C)C(=O)C(C)OP(=O)(O)c1ccccc1. The normalized spacial score (nSPS) is 15.9. The molecule has 0 saturated carbocycles. The van der Waals surface area contributed by atoms with Crippen molar-refractivity contribution < 1.29 is 18.8 Å². The molecule has 0 aliphatic heterocycles. The molecule has 92 valence electrons. The summed E-state index contributed by atoms with van der Waals surface area (Å²) >= 11 is 0. The first-order valence-corrected chi connectivity index (χ1v) is 6.69. The third-order valence-electron chi connectivity index (χ3n) is 2.17. The van der Waals surface area contributed by atoms with E-state index in [1.165, 1.54) is 26.0 Å². The maximum Gasteiger partial charge on any atom is 0.359 e. The van der Waals surface area contributed by atoms with Gasteiger partial charge in [-0.25, -0.2) is 0 Å². The number of carbonyl (C=O) groups is 1. The number of hydrogen-bond donors (Lipinski definition) is 1. The van der Waals surface area contributed by atoms with E-state index in [-0.39, 0.29) is 11.1 Å². The minimum absolute atomic E-state index is 0.168. The Hall–Kier alpha value is -1.22. The van der Waals surface area contributed by atoms with Gasteiger partial charge >= 0.3 is 7.60 Å². The summed E-state index contributed by atoms with van der Waals surface area (Å²) < 4.78 is 16.9. The number of Topliss-reactive ketones (excluding diaryl/α,β-unsaturated/α-hetero) is 1. The largest absolute Gasteiger partial charge is 0.359 e. The van der Waals surface area contributed by atoms with E-state index in [0.29, 0.717) is 5.57 Å². The van der Waals surface area contributed by atoms with Gasteiger partial charge in [0, 0.05) is 0 Å². The van der Waals surface area contributed by atoms with Crippen molar-refractivity contribution in [1.29, 1.82) is 0 Å². The fourth-order valence-electron chi connectivity index (χ4n) is 1.29. The number of carbonyl (C=O) groups excluding carboxylic acids is 1. The molecule has 2 atom stereocenters. The topological polar surface area (TPSA) is 63.6 Å². The third kappa shape index (κ3) is 3.63. The first kappa shape index (κ1) is 13.8. The molecule has 0 heterocycles. The summed E-state index contributed by atoms with van der Waals surface area (Å²) in [5.74, 6) is -0.379. The smallest absolute Gasteiger partial charge is 0.321 e. The van der Waals surface area contributed by atoms with Gasteiger partial charge in [-0.05, 0) is 31.6 Å². The number of rotatable bonds is 5. The molecule has 1 N–H and O–H groups in total. The summed E-state index contributed by atoms with van der Waals surface area (Å²) in [6.07, 6.45) is -0.983. The van der Waals surface area contributed by atoms with Gasteiger partial charge in [0.25, 0.3) is 0 Å². The van der Waals surface area contributed by atoms with Gasteiger partial charge in [0.1, 0.15) is 6.10 Å². The highest BCUT2D eigenvalue weighted by Gasteiger charge is 2.28. The average Bonchev–Trinajstić information content (AvgIpc) is 2.28. The molecule has 0 amide bonds. The molecular weight excluding hydrogens is 239 g/mol. The van der Waals surface area contributed by atoms with Crippen molar-refractivity contribution >= 4 is 18.7 Å². The maximum absolute atomic E-state index is 11.9. The highest BCUT2D eigenvalue weighted by Crippen LogP contribution is 2.42. The molecule has 0 saturated heterocycles. The molecule has 4 nitrogen and oxygen atoms in total. The Balaban J connectivity index is 2.84. The zero-order valence-corrected chi connectivity index (χ0v) is 10.7. The van der Waals surface area contributed by atoms with Gasteiger partial charge in [-0.3, -0.25) is 13.9 Å². The Morgan fingerprint density at radius 3 is 2.41 bits per heavy atom. The first-order chi connectivity index (χ1) is 7.84. The van der Waals surface area contributed by atoms with Crippen molar-refractivity contribution in [3.05, 3.63) is 42.5 Å². The van der Waals surface area contributed by atoms with Gasteiger partial charge in [0.05, 0.1) is 5.30 Å². The number of benzene rings is 1. The summed E-state index contributed by atoms with van der Waals surface area (Å²) in [6.45, 7) is 6.45. The maximum atomic E-state index is 11.9. The van der Waals surface area contributed by atoms with E-state index >= 15 is 0 Å². The average molecular weight is 254 g/mol. The molecule has 17 heavy (non-hydrogen) atoms. The third-order valence-corrected chi connectivity index (χ3v) is 3.73. The second-order valence-corrected chi connectivity index (χ2v) is 5.52. The fourth-order valence-corrected chi connectivity index (χ4v) is 2.48. The minimum Gasteiger partial charge on any atom is -0.321 e. The molecule has 1 aromatic carbocycles. The highest BCUT2D eigenvalue weighted by atomic mass is 31.2. The van der Waals surface area contributed by atoms with Crippen molar-refractivity contribution in [2.45, 2.75) is 20.0 Å². The molecule has 0 aliphatic rings. The Bertz CT molecular complexity index is 467. The van der Waals surface area contributed by atoms with Crippen LogP contribution in [0.5, 0.6) is 0 Å². The molecule has 0 spiro atoms. The Morgan fingerprint density at radius 1 is 1.41 bits per heavy atom. The second-order valence-electron chi connectivity index (χ2n) is 3.75. The van der Waals surface area contributed by atoms with E-state index in [0.717, 1.165) is 0 Å². The van der Waals surface area contributed by atoms with Crippen molar-refractivity contribution in [2.75, 3.05) is 0 Å². The van der Waals surface area contributed by atoms with E-state index in [2.05, 4.69) is 6.58 Å². The predicted octanol–water partition coefficient (Wildman–Crippen LogP) is 2.05. The Kier molecular flexibility index (Phi) is 4.40. The zero-order valence-electron chi connectivity index (χ0n) is 9.79. The van der Waals surface area contributed by atoms with Crippen LogP contribution in [0.3, 0.4) is 0 Å². The standard InChI is InChI=1S/C12H15O4P/c1-9(2)12(13)10(3)16-17(14,15)11-7-5-4-6-8-11/h4-8,10H,1H2,2-3H3,(H,14,15). The summed E-state index contributed by atoms with van der Waals surface area (Å²) in [7, 11) is -3.96. The monoisotopic (exact) mass is 254 g/mol. The summed E-state index contributed by atoms with van der Waals surface area (Å²) in [4.78, 5) is 21.2. The second kappa shape index (κ2) is 5.41. The summed E-state index contributed by atoms with van der Waals surface area (Å²) in [6, 6.07) is 7.96. The van der Waals surface area contributed by atoms with Gasteiger partial charge in [-0.1, -0.05) is 24.8 Å². The fraction of sp³-hybridized carbons (Fsp3) is 0.250. The Labute approximate surface area is 100 Å². The van der Waals surface area contributed by atoms with Gasteiger partial charge in [-0.2, -0.15) is 0 Å². The van der Waals surface area contributed by atoms with Gasteiger partial charge in [-0.15, -0.1) is 0 Å². The van der Waals surface area contributed by atoms with Crippen LogP contribution in [0, 0.1) is 0 Å². The molecule has 1 rings (SSSR count). The van der Waals surface area contributed by atoms with E-state index in [1.807, 2.05) is 0 Å². The summed E-state index contributed by atoms with van der Waals surface area (Å²) in [5, 5.41) is 0.168. The van der Waals surface area contributed by atoms with Gasteiger partial charge in [0.2, 0.25) is 0 Å². The lowest BCUT2D eigenvalue weighted by Crippen LogP contribution is -2.22. The molecule has 0 aliphatic carbocycles. The molecule has 1 aromatic rings. The van der Waals surface area contributed by atoms with Gasteiger partial charge < -0.3 is 4.89 Å². The van der Waals surface area contributed by atoms with Crippen LogP contribution in [0.4, 0.5) is 0 Å². The van der Waals surface area contributed by atoms with Gasteiger partial charge in [0.15, 0.2) is 5.78 Å². The number of hydrogen-bond acceptors (Lipinski definition) is 3. The molecule has 0 bridgehead atoms. The van der Waals surface area contributed by atoms with Crippen LogP contribution in [0.25, 0.3) is 0 Å². The lowest BCUT2D eigenvalue weighted by molar-refractivity contribution is -0.121. The minimum atomic E-state index is -3.96. The Morgan fingerprint density at radius 2 is 1.94 bits per heavy atom. The lowest BCUT2D eigenvalue weighted by Gasteiger charge is -2.17. The lowest BCUT2D eigenvalue weighted by atomic mass is 10.1. The molecule has 2 unspecified atom stereocenters. The molecule has 5 heteroatoms. The van der Waals surface area contributed by atoms with E-state index in [1.54, 1.807) is 18.2 Å². The molecule has 0 radical (unpaired) electrons. The van der Waals surface area contributed by atoms with E-state index in [4.69, 9.17) is 4.52 Å². The van der Waals surface area contributed by atoms with Crippen molar-refractivity contribution in [1.82, 2.24) is 0 Å². The van der Waals surface area contributed by atoms with Crippen molar-refractivity contribution in [2.24, 2.45) is 0 Å². The van der Waals surface area contributed by atoms with Crippen molar-refractivity contribution in [3.8, 4) is 0 Å². The van der Waals surface area contributed by atoms with Crippen LogP contribution >= 0.6 is 7.60 Å². The molecule has 0 fully saturated rings. The van der Waals surface area contributed by atoms with Crippen LogP contribution in [0.15, 0.2) is 42.5 Å². The molecular formula is C12H15O4P. The quantitative estimate of drug-likeness (QED) is 0.645. The highest BCUT2D eigenvalue weighted by molar-refractivity contribution is 7.61. The predicted molar refractivity (Wildman–Crippen MR) is 66.3 cm³/mol. The van der Waals surface area contributed by atoms with Crippen molar-refractivity contribution in [3.63, 3.8) is 0 Å². The van der Waals surface area contributed by atoms with E-state index in [9.17, 15) is 14.3 Å². The number of ketones is 1. The van der Waals surface area contributed by atoms with Crippen LogP contribution in [-0.2, 0) is 13.9 Å². The van der Waals surface area contributed by atoms with Crippen LogP contribution in [0.2, 0.25) is 0 Å². The zero-order chi connectivity index (χ0) is 13.1. The van der Waals surface area contributed by atoms with Crippen LogP contribution in [-0.4, -0.2) is 16.8 Å². The first-order valence-electron chi connectivity index (χ1n) is 5.11. The summed E-state index contributed by atoms with van der Waals surface area (Å²) in [5.41, 5.74) is 0.297.